The average Bonchev–Trinajstić information content (AvgIpc) is 2.41. The van der Waals surface area contributed by atoms with Crippen LogP contribution < -0.4 is 5.32 Å². The summed E-state index contributed by atoms with van der Waals surface area (Å²) in [5, 5.41) is 4.06. The smallest absolute Gasteiger partial charge is 0.325 e. The Kier molecular flexibility index (Phi) is 7.67. The number of carbonyl (C=O) groups excluding carboxylic acids is 1. The third-order valence-electron chi connectivity index (χ3n) is 2.37. The lowest BCUT2D eigenvalue weighted by molar-refractivity contribution is -0.141. The minimum Gasteiger partial charge on any atom is -0.465 e. The second kappa shape index (κ2) is 9.04. The lowest BCUT2D eigenvalue weighted by atomic mass is 10.1. The summed E-state index contributed by atoms with van der Waals surface area (Å²) < 4.78 is 5.94. The second-order valence-corrected chi connectivity index (χ2v) is 5.53. The molecule has 1 rings (SSSR count). The maximum atomic E-state index is 11.2. The van der Waals surface area contributed by atoms with Crippen LogP contribution in [0.15, 0.2) is 39.8 Å². The predicted molar refractivity (Wildman–Crippen MR) is 84.1 cm³/mol. The predicted octanol–water partition coefficient (Wildman–Crippen LogP) is 3.35. The SMILES string of the molecule is CCOC(=O)CN/C(=C\Cc1ccc(Br)cc1)SC. The van der Waals surface area contributed by atoms with Gasteiger partial charge in [-0.2, -0.15) is 0 Å². The van der Waals surface area contributed by atoms with Crippen molar-refractivity contribution in [1.82, 2.24) is 5.32 Å². The number of hydrogen-bond donors (Lipinski definition) is 1. The molecule has 19 heavy (non-hydrogen) atoms. The molecule has 0 radical (unpaired) electrons. The van der Waals surface area contributed by atoms with E-state index in [9.17, 15) is 4.79 Å². The van der Waals surface area contributed by atoms with E-state index in [1.54, 1.807) is 18.7 Å². The lowest BCUT2D eigenvalue weighted by Gasteiger charge is -2.08. The van der Waals surface area contributed by atoms with Gasteiger partial charge in [0.2, 0.25) is 0 Å². The normalized spacial score (nSPS) is 11.2. The van der Waals surface area contributed by atoms with E-state index in [1.165, 1.54) is 5.56 Å². The van der Waals surface area contributed by atoms with Crippen molar-refractivity contribution in [2.24, 2.45) is 0 Å². The van der Waals surface area contributed by atoms with Crippen molar-refractivity contribution in [3.8, 4) is 0 Å². The number of hydrogen-bond acceptors (Lipinski definition) is 4. The van der Waals surface area contributed by atoms with Crippen LogP contribution in [0.4, 0.5) is 0 Å². The third-order valence-corrected chi connectivity index (χ3v) is 3.65. The number of allylic oxidation sites excluding steroid dienone is 1. The van der Waals surface area contributed by atoms with Crippen molar-refractivity contribution in [2.45, 2.75) is 13.3 Å². The molecule has 0 aliphatic carbocycles. The van der Waals surface area contributed by atoms with E-state index >= 15 is 0 Å². The highest BCUT2D eigenvalue weighted by Crippen LogP contribution is 2.13. The average molecular weight is 344 g/mol. The summed E-state index contributed by atoms with van der Waals surface area (Å²) in [6, 6.07) is 8.19. The van der Waals surface area contributed by atoms with Gasteiger partial charge in [0.25, 0.3) is 0 Å². The molecule has 0 heterocycles. The number of carbonyl (C=O) groups is 1. The number of esters is 1. The molecule has 0 saturated carbocycles. The monoisotopic (exact) mass is 343 g/mol. The van der Waals surface area contributed by atoms with E-state index < -0.39 is 0 Å². The first-order valence-corrected chi connectivity index (χ1v) is 8.05. The molecule has 0 bridgehead atoms. The van der Waals surface area contributed by atoms with Gasteiger partial charge in [-0.25, -0.2) is 0 Å². The summed E-state index contributed by atoms with van der Waals surface area (Å²) in [5.41, 5.74) is 1.23. The molecule has 0 amide bonds. The maximum absolute atomic E-state index is 11.2. The maximum Gasteiger partial charge on any atom is 0.325 e. The summed E-state index contributed by atoms with van der Waals surface area (Å²) in [5.74, 6) is -0.230. The molecule has 3 nitrogen and oxygen atoms in total. The van der Waals surface area contributed by atoms with Gasteiger partial charge < -0.3 is 10.1 Å². The van der Waals surface area contributed by atoms with E-state index in [2.05, 4.69) is 39.5 Å². The number of thioether (sulfide) groups is 1. The highest BCUT2D eigenvalue weighted by Gasteiger charge is 2.02. The third kappa shape index (κ3) is 6.68. The Labute approximate surface area is 126 Å². The molecule has 0 aliphatic heterocycles. The zero-order chi connectivity index (χ0) is 14.1. The molecule has 0 fully saturated rings. The quantitative estimate of drug-likeness (QED) is 0.770. The van der Waals surface area contributed by atoms with Gasteiger partial charge in [-0.05, 0) is 37.3 Å². The van der Waals surface area contributed by atoms with Crippen LogP contribution in [0.5, 0.6) is 0 Å². The molecule has 0 atom stereocenters. The Balaban J connectivity index is 2.47. The Bertz CT molecular complexity index is 432. The van der Waals surface area contributed by atoms with E-state index in [0.717, 1.165) is 15.9 Å². The molecule has 0 aromatic heterocycles. The van der Waals surface area contributed by atoms with Gasteiger partial charge in [-0.3, -0.25) is 4.79 Å². The summed E-state index contributed by atoms with van der Waals surface area (Å²) >= 11 is 5.00. The molecule has 1 N–H and O–H groups in total. The highest BCUT2D eigenvalue weighted by atomic mass is 79.9. The van der Waals surface area contributed by atoms with Gasteiger partial charge in [-0.15, -0.1) is 11.8 Å². The first-order valence-electron chi connectivity index (χ1n) is 6.03. The molecule has 0 spiro atoms. The van der Waals surface area contributed by atoms with Crippen LogP contribution in [0.1, 0.15) is 12.5 Å². The first-order chi connectivity index (χ1) is 9.15. The minimum atomic E-state index is -0.230. The summed E-state index contributed by atoms with van der Waals surface area (Å²) in [6.45, 7) is 2.43. The molecule has 104 valence electrons. The lowest BCUT2D eigenvalue weighted by Crippen LogP contribution is -2.23. The van der Waals surface area contributed by atoms with Crippen LogP contribution in [0.3, 0.4) is 0 Å². The van der Waals surface area contributed by atoms with Gasteiger partial charge in [0.15, 0.2) is 0 Å². The number of benzene rings is 1. The molecule has 0 aliphatic rings. The van der Waals surface area contributed by atoms with E-state index in [-0.39, 0.29) is 12.5 Å². The van der Waals surface area contributed by atoms with Crippen LogP contribution in [0, 0.1) is 0 Å². The van der Waals surface area contributed by atoms with Crippen LogP contribution in [0.2, 0.25) is 0 Å². The summed E-state index contributed by atoms with van der Waals surface area (Å²) in [7, 11) is 0. The fourth-order valence-electron chi connectivity index (χ4n) is 1.43. The van der Waals surface area contributed by atoms with Crippen molar-refractivity contribution in [3.63, 3.8) is 0 Å². The van der Waals surface area contributed by atoms with Crippen molar-refractivity contribution < 1.29 is 9.53 Å². The van der Waals surface area contributed by atoms with Crippen molar-refractivity contribution >= 4 is 33.7 Å². The van der Waals surface area contributed by atoms with E-state index in [4.69, 9.17) is 4.74 Å². The van der Waals surface area contributed by atoms with Gasteiger partial charge >= 0.3 is 5.97 Å². The summed E-state index contributed by atoms with van der Waals surface area (Å²) in [4.78, 5) is 11.2. The van der Waals surface area contributed by atoms with Crippen molar-refractivity contribution in [3.05, 3.63) is 45.4 Å². The molecular weight excluding hydrogens is 326 g/mol. The molecule has 0 unspecified atom stereocenters. The fourth-order valence-corrected chi connectivity index (χ4v) is 2.16. The standard InChI is InChI=1S/C14H18BrNO2S/c1-3-18-14(17)10-16-13(19-2)9-6-11-4-7-12(15)8-5-11/h4-5,7-9,16H,3,6,10H2,1-2H3/b13-9+. The minimum absolute atomic E-state index is 0.209. The number of nitrogens with one attached hydrogen (secondary N) is 1. The van der Waals surface area contributed by atoms with Crippen LogP contribution in [-0.4, -0.2) is 25.4 Å². The second-order valence-electron chi connectivity index (χ2n) is 3.76. The van der Waals surface area contributed by atoms with E-state index in [1.807, 2.05) is 18.4 Å². The Morgan fingerprint density at radius 2 is 2.11 bits per heavy atom. The number of halogens is 1. The zero-order valence-electron chi connectivity index (χ0n) is 11.1. The van der Waals surface area contributed by atoms with Gasteiger partial charge in [-0.1, -0.05) is 34.1 Å². The van der Waals surface area contributed by atoms with E-state index in [0.29, 0.717) is 6.61 Å². The van der Waals surface area contributed by atoms with Gasteiger partial charge in [0, 0.05) is 4.47 Å². The number of rotatable bonds is 7. The van der Waals surface area contributed by atoms with Crippen LogP contribution in [0.25, 0.3) is 0 Å². The van der Waals surface area contributed by atoms with Gasteiger partial charge in [0.1, 0.15) is 6.54 Å². The Hall–Kier alpha value is -0.940. The van der Waals surface area contributed by atoms with Crippen molar-refractivity contribution in [2.75, 3.05) is 19.4 Å². The summed E-state index contributed by atoms with van der Waals surface area (Å²) in [6.07, 6.45) is 4.89. The van der Waals surface area contributed by atoms with Crippen LogP contribution in [-0.2, 0) is 16.0 Å². The molecule has 1 aromatic rings. The molecular formula is C14H18BrNO2S. The zero-order valence-corrected chi connectivity index (χ0v) is 13.5. The Morgan fingerprint density at radius 3 is 2.68 bits per heavy atom. The fraction of sp³-hybridized carbons (Fsp3) is 0.357. The topological polar surface area (TPSA) is 38.3 Å². The first kappa shape index (κ1) is 16.1. The number of ether oxygens (including phenoxy) is 1. The van der Waals surface area contributed by atoms with Gasteiger partial charge in [0.05, 0.1) is 11.6 Å². The molecule has 0 saturated heterocycles. The Morgan fingerprint density at radius 1 is 1.42 bits per heavy atom. The molecule has 5 heteroatoms. The largest absolute Gasteiger partial charge is 0.465 e. The highest BCUT2D eigenvalue weighted by molar-refractivity contribution is 9.10. The van der Waals surface area contributed by atoms with Crippen molar-refractivity contribution in [1.29, 1.82) is 0 Å². The molecule has 1 aromatic carbocycles. The van der Waals surface area contributed by atoms with Crippen LogP contribution >= 0.6 is 27.7 Å².